The van der Waals surface area contributed by atoms with E-state index in [-0.39, 0.29) is 12.3 Å². The van der Waals surface area contributed by atoms with Gasteiger partial charge in [0.1, 0.15) is 0 Å². The molecule has 0 aliphatic heterocycles. The van der Waals surface area contributed by atoms with Crippen molar-refractivity contribution in [2.75, 3.05) is 6.54 Å². The molecule has 0 aromatic carbocycles. The third kappa shape index (κ3) is 2.98. The van der Waals surface area contributed by atoms with Crippen molar-refractivity contribution in [2.45, 2.75) is 13.3 Å². The number of nitrogens with zero attached hydrogens (tertiary/aromatic N) is 1. The van der Waals surface area contributed by atoms with Gasteiger partial charge >= 0.3 is 0 Å². The van der Waals surface area contributed by atoms with Crippen molar-refractivity contribution < 1.29 is 4.79 Å². The smallest absolute Gasteiger partial charge is 0.272 e. The highest BCUT2D eigenvalue weighted by Crippen LogP contribution is 1.78. The van der Waals surface area contributed by atoms with Crippen LogP contribution in [0, 0.1) is 6.57 Å². The Labute approximate surface area is 43.0 Å². The van der Waals surface area contributed by atoms with Gasteiger partial charge in [-0.3, -0.25) is 4.79 Å². The highest BCUT2D eigenvalue weighted by Gasteiger charge is 1.96. The summed E-state index contributed by atoms with van der Waals surface area (Å²) in [5, 5.41) is 0. The molecule has 0 fully saturated rings. The molecule has 0 saturated carbocycles. The number of carbonyl (C=O) groups excluding carboxylic acids is 1. The van der Waals surface area contributed by atoms with Crippen molar-refractivity contribution in [1.82, 2.24) is 0 Å². The minimum absolute atomic E-state index is 0.0231. The first-order valence-electron chi connectivity index (χ1n) is 2.16. The highest BCUT2D eigenvalue weighted by atomic mass is 16.1. The summed E-state index contributed by atoms with van der Waals surface area (Å²) in [5.41, 5.74) is 0. The number of rotatable bonds is 2. The van der Waals surface area contributed by atoms with Gasteiger partial charge in [0.05, 0.1) is 0 Å². The number of hydrogen-bond acceptors (Lipinski definition) is 1. The fraction of sp³-hybridized carbons (Fsp3) is 0.600. The summed E-state index contributed by atoms with van der Waals surface area (Å²) < 4.78 is 0. The summed E-state index contributed by atoms with van der Waals surface area (Å²) in [6.07, 6.45) is 0.488. The molecule has 0 atom stereocenters. The molecule has 0 aromatic heterocycles. The first-order valence-corrected chi connectivity index (χ1v) is 2.16. The molecule has 0 unspecified atom stereocenters. The molecule has 0 heterocycles. The molecule has 38 valence electrons. The van der Waals surface area contributed by atoms with Crippen LogP contribution >= 0.6 is 0 Å². The zero-order valence-corrected chi connectivity index (χ0v) is 4.27. The summed E-state index contributed by atoms with van der Waals surface area (Å²) in [7, 11) is 0. The van der Waals surface area contributed by atoms with Crippen molar-refractivity contribution >= 4 is 5.78 Å². The maximum absolute atomic E-state index is 10.2. The third-order valence-corrected chi connectivity index (χ3v) is 0.650. The van der Waals surface area contributed by atoms with Crippen LogP contribution in [0.4, 0.5) is 0 Å². The Morgan fingerprint density at radius 1 is 1.86 bits per heavy atom. The Bertz CT molecular complexity index is 101. The van der Waals surface area contributed by atoms with Gasteiger partial charge in [0, 0.05) is 6.42 Å². The van der Waals surface area contributed by atoms with Crippen LogP contribution in [0.25, 0.3) is 4.85 Å². The Morgan fingerprint density at radius 2 is 2.43 bits per heavy atom. The van der Waals surface area contributed by atoms with Crippen molar-refractivity contribution in [3.05, 3.63) is 11.4 Å². The molecule has 0 saturated heterocycles. The summed E-state index contributed by atoms with van der Waals surface area (Å²) >= 11 is 0. The summed E-state index contributed by atoms with van der Waals surface area (Å²) in [4.78, 5) is 13.1. The fourth-order valence-corrected chi connectivity index (χ4v) is 0.200. The first kappa shape index (κ1) is 6.16. The van der Waals surface area contributed by atoms with E-state index in [9.17, 15) is 4.79 Å². The standard InChI is InChI=1S/C5H7NO/c1-3-5(7)4-6-2/h3-4H2,1H3. The Hall–Kier alpha value is -0.840. The molecule has 2 nitrogen and oxygen atoms in total. The molecule has 0 radical (unpaired) electrons. The van der Waals surface area contributed by atoms with Crippen LogP contribution in [0.15, 0.2) is 0 Å². The molecule has 0 rings (SSSR count). The number of carbonyl (C=O) groups is 1. The largest absolute Gasteiger partial charge is 0.309 e. The van der Waals surface area contributed by atoms with Gasteiger partial charge in [0.25, 0.3) is 6.54 Å². The molecular formula is C5H7NO. The van der Waals surface area contributed by atoms with E-state index in [0.29, 0.717) is 6.42 Å². The van der Waals surface area contributed by atoms with E-state index in [0.717, 1.165) is 0 Å². The average Bonchev–Trinajstić information content (AvgIpc) is 1.68. The maximum Gasteiger partial charge on any atom is 0.272 e. The van der Waals surface area contributed by atoms with Crippen LogP contribution in [0.1, 0.15) is 13.3 Å². The second-order valence-corrected chi connectivity index (χ2v) is 1.21. The van der Waals surface area contributed by atoms with Crippen LogP contribution in [0.3, 0.4) is 0 Å². The zero-order chi connectivity index (χ0) is 5.70. The highest BCUT2D eigenvalue weighted by molar-refractivity contribution is 5.81. The quantitative estimate of drug-likeness (QED) is 0.469. The van der Waals surface area contributed by atoms with Gasteiger partial charge in [0.15, 0.2) is 0 Å². The molecular weight excluding hydrogens is 90.1 g/mol. The van der Waals surface area contributed by atoms with Gasteiger partial charge < -0.3 is 4.85 Å². The third-order valence-electron chi connectivity index (χ3n) is 0.650. The lowest BCUT2D eigenvalue weighted by atomic mass is 10.3. The molecule has 0 aromatic rings. The Kier molecular flexibility index (Phi) is 2.95. The Morgan fingerprint density at radius 3 is 2.57 bits per heavy atom. The summed E-state index contributed by atoms with van der Waals surface area (Å²) in [5.74, 6) is 0.0231. The number of hydrogen-bond donors (Lipinski definition) is 0. The molecule has 0 spiro atoms. The van der Waals surface area contributed by atoms with E-state index in [1.54, 1.807) is 6.92 Å². The number of ketones is 1. The molecule has 0 N–H and O–H groups in total. The second-order valence-electron chi connectivity index (χ2n) is 1.21. The van der Waals surface area contributed by atoms with Gasteiger partial charge in [-0.15, -0.1) is 0 Å². The fourth-order valence-electron chi connectivity index (χ4n) is 0.200. The minimum Gasteiger partial charge on any atom is -0.309 e. The van der Waals surface area contributed by atoms with Crippen molar-refractivity contribution in [2.24, 2.45) is 0 Å². The normalized spacial score (nSPS) is 7.43. The van der Waals surface area contributed by atoms with Crippen LogP contribution in [0.5, 0.6) is 0 Å². The van der Waals surface area contributed by atoms with Crippen LogP contribution in [-0.4, -0.2) is 12.3 Å². The van der Waals surface area contributed by atoms with Crippen LogP contribution in [-0.2, 0) is 4.79 Å². The predicted molar refractivity (Wildman–Crippen MR) is 26.8 cm³/mol. The summed E-state index contributed by atoms with van der Waals surface area (Å²) in [6, 6.07) is 0. The molecule has 0 amide bonds. The SMILES string of the molecule is [C-]#[N+]CC(=O)CC. The van der Waals surface area contributed by atoms with Gasteiger partial charge in [-0.2, -0.15) is 0 Å². The lowest BCUT2D eigenvalue weighted by Crippen LogP contribution is -1.96. The van der Waals surface area contributed by atoms with Gasteiger partial charge in [-0.25, -0.2) is 6.57 Å². The van der Waals surface area contributed by atoms with Crippen LogP contribution in [0.2, 0.25) is 0 Å². The minimum atomic E-state index is 0.0231. The maximum atomic E-state index is 10.2. The molecule has 0 aliphatic carbocycles. The zero-order valence-electron chi connectivity index (χ0n) is 4.27. The molecule has 7 heavy (non-hydrogen) atoms. The van der Waals surface area contributed by atoms with E-state index >= 15 is 0 Å². The Balaban J connectivity index is 3.23. The number of Topliss-reactive ketones (excluding diaryl/α,β-unsaturated/α-hetero) is 1. The lowest BCUT2D eigenvalue weighted by molar-refractivity contribution is -0.116. The van der Waals surface area contributed by atoms with E-state index in [2.05, 4.69) is 4.85 Å². The van der Waals surface area contributed by atoms with E-state index in [4.69, 9.17) is 6.57 Å². The predicted octanol–water partition coefficient (Wildman–Crippen LogP) is 0.885. The van der Waals surface area contributed by atoms with E-state index in [1.165, 1.54) is 0 Å². The van der Waals surface area contributed by atoms with Gasteiger partial charge in [-0.05, 0) is 0 Å². The lowest BCUT2D eigenvalue weighted by Gasteiger charge is -1.77. The van der Waals surface area contributed by atoms with Crippen molar-refractivity contribution in [3.8, 4) is 0 Å². The van der Waals surface area contributed by atoms with E-state index in [1.807, 2.05) is 0 Å². The molecule has 2 heteroatoms. The van der Waals surface area contributed by atoms with E-state index < -0.39 is 0 Å². The average molecular weight is 97.1 g/mol. The van der Waals surface area contributed by atoms with Gasteiger partial charge in [-0.1, -0.05) is 6.92 Å². The topological polar surface area (TPSA) is 21.4 Å². The molecule has 0 aliphatic rings. The molecule has 0 bridgehead atoms. The van der Waals surface area contributed by atoms with Crippen molar-refractivity contribution in [1.29, 1.82) is 0 Å². The van der Waals surface area contributed by atoms with Crippen LogP contribution < -0.4 is 0 Å². The van der Waals surface area contributed by atoms with Gasteiger partial charge in [0.2, 0.25) is 5.78 Å². The van der Waals surface area contributed by atoms with Crippen molar-refractivity contribution in [3.63, 3.8) is 0 Å². The summed E-state index contributed by atoms with van der Waals surface area (Å²) in [6.45, 7) is 8.05. The second kappa shape index (κ2) is 3.35. The first-order chi connectivity index (χ1) is 3.31. The monoisotopic (exact) mass is 97.1 g/mol.